The van der Waals surface area contributed by atoms with Crippen LogP contribution in [-0.4, -0.2) is 70.7 Å². The van der Waals surface area contributed by atoms with Gasteiger partial charge in [0.1, 0.15) is 24.2 Å². The minimum Gasteiger partial charge on any atom is -0.480 e. The summed E-state index contributed by atoms with van der Waals surface area (Å²) < 4.78 is 0. The summed E-state index contributed by atoms with van der Waals surface area (Å²) in [6, 6.07) is -4.90. The number of thiol groups is 1. The van der Waals surface area contributed by atoms with E-state index in [-0.39, 0.29) is 11.7 Å². The van der Waals surface area contributed by atoms with Crippen molar-refractivity contribution in [2.75, 3.05) is 5.75 Å². The van der Waals surface area contributed by atoms with Gasteiger partial charge in [0, 0.05) is 5.75 Å². The fraction of sp³-hybridized carbons (Fsp3) is 0.722. The summed E-state index contributed by atoms with van der Waals surface area (Å²) in [6.45, 7) is 8.05. The number of carbonyl (C=O) groups is 5. The third kappa shape index (κ3) is 9.92. The van der Waals surface area contributed by atoms with E-state index in [1.807, 2.05) is 13.8 Å². The molecule has 0 aromatic carbocycles. The van der Waals surface area contributed by atoms with Gasteiger partial charge in [-0.25, -0.2) is 4.79 Å². The van der Waals surface area contributed by atoms with Crippen LogP contribution in [0.25, 0.3) is 0 Å². The Morgan fingerprint density at radius 3 is 1.60 bits per heavy atom. The third-order valence-corrected chi connectivity index (χ3v) is 4.42. The molecule has 0 unspecified atom stereocenters. The van der Waals surface area contributed by atoms with Gasteiger partial charge in [-0.05, 0) is 33.1 Å². The SMILES string of the molecule is CC(C)C[C@H](NC(=O)[C@H](C)N)C(=O)N[C@@H](C)C(=O)N[C@@H](C)C(=O)N[C@@H](CS)C(=O)O. The molecule has 0 heterocycles. The number of nitrogens with one attached hydrogen (secondary N) is 4. The second kappa shape index (κ2) is 13.1. The second-order valence-corrected chi connectivity index (χ2v) is 7.89. The summed E-state index contributed by atoms with van der Waals surface area (Å²) in [5, 5.41) is 18.6. The summed E-state index contributed by atoms with van der Waals surface area (Å²) in [7, 11) is 0. The zero-order chi connectivity index (χ0) is 23.6. The fourth-order valence-electron chi connectivity index (χ4n) is 2.27. The minimum atomic E-state index is -1.25. The number of amides is 4. The number of carbonyl (C=O) groups excluding carboxylic acids is 4. The van der Waals surface area contributed by atoms with Crippen molar-refractivity contribution in [2.45, 2.75) is 71.2 Å². The first kappa shape index (κ1) is 27.7. The van der Waals surface area contributed by atoms with Gasteiger partial charge in [-0.15, -0.1) is 0 Å². The monoisotopic (exact) mass is 447 g/mol. The highest BCUT2D eigenvalue weighted by Crippen LogP contribution is 2.06. The summed E-state index contributed by atoms with van der Waals surface area (Å²) in [5.41, 5.74) is 5.52. The van der Waals surface area contributed by atoms with Crippen molar-refractivity contribution in [3.63, 3.8) is 0 Å². The number of hydrogen-bond acceptors (Lipinski definition) is 7. The fourth-order valence-corrected chi connectivity index (χ4v) is 2.52. The normalized spacial score (nSPS) is 15.9. The van der Waals surface area contributed by atoms with Gasteiger partial charge >= 0.3 is 5.97 Å². The standard InChI is InChI=1S/C18H33N5O6S/c1-8(2)6-12(22-14(24)9(3)19)17(27)21-10(4)15(25)20-11(5)16(26)23-13(7-30)18(28)29/h8-13,30H,6-7,19H2,1-5H3,(H,20,25)(H,21,27)(H,22,24)(H,23,26)(H,28,29)/t9-,10-,11-,12-,13-/m0/s1. The van der Waals surface area contributed by atoms with E-state index in [0.29, 0.717) is 6.42 Å². The summed E-state index contributed by atoms with van der Waals surface area (Å²) in [5.74, 6) is -3.67. The van der Waals surface area contributed by atoms with Gasteiger partial charge < -0.3 is 32.1 Å². The highest BCUT2D eigenvalue weighted by molar-refractivity contribution is 7.80. The maximum absolute atomic E-state index is 12.5. The molecule has 0 saturated heterocycles. The molecule has 0 bridgehead atoms. The average molecular weight is 448 g/mol. The van der Waals surface area contributed by atoms with E-state index in [1.165, 1.54) is 20.8 Å². The smallest absolute Gasteiger partial charge is 0.327 e. The molecular formula is C18H33N5O6S. The van der Waals surface area contributed by atoms with Crippen molar-refractivity contribution in [1.82, 2.24) is 21.3 Å². The maximum Gasteiger partial charge on any atom is 0.327 e. The molecule has 11 nitrogen and oxygen atoms in total. The van der Waals surface area contributed by atoms with Crippen LogP contribution < -0.4 is 27.0 Å². The van der Waals surface area contributed by atoms with Gasteiger partial charge in [0.05, 0.1) is 6.04 Å². The van der Waals surface area contributed by atoms with Crippen LogP contribution in [-0.2, 0) is 24.0 Å². The first-order chi connectivity index (χ1) is 13.8. The van der Waals surface area contributed by atoms with Crippen LogP contribution in [0.3, 0.4) is 0 Å². The molecule has 0 saturated carbocycles. The van der Waals surface area contributed by atoms with Crippen molar-refractivity contribution in [3.8, 4) is 0 Å². The van der Waals surface area contributed by atoms with Gasteiger partial charge in [-0.3, -0.25) is 19.2 Å². The lowest BCUT2D eigenvalue weighted by Gasteiger charge is -2.24. The van der Waals surface area contributed by atoms with Crippen LogP contribution in [0.2, 0.25) is 0 Å². The van der Waals surface area contributed by atoms with Crippen molar-refractivity contribution < 1.29 is 29.1 Å². The van der Waals surface area contributed by atoms with Crippen molar-refractivity contribution in [2.24, 2.45) is 11.7 Å². The molecular weight excluding hydrogens is 414 g/mol. The van der Waals surface area contributed by atoms with E-state index in [4.69, 9.17) is 10.8 Å². The molecule has 5 atom stereocenters. The zero-order valence-electron chi connectivity index (χ0n) is 17.9. The van der Waals surface area contributed by atoms with E-state index in [0.717, 1.165) is 0 Å². The zero-order valence-corrected chi connectivity index (χ0v) is 18.8. The van der Waals surface area contributed by atoms with Crippen molar-refractivity contribution >= 4 is 42.2 Å². The largest absolute Gasteiger partial charge is 0.480 e. The highest BCUT2D eigenvalue weighted by Gasteiger charge is 2.28. The Morgan fingerprint density at radius 2 is 1.20 bits per heavy atom. The Balaban J connectivity index is 4.90. The van der Waals surface area contributed by atoms with E-state index in [9.17, 15) is 24.0 Å². The van der Waals surface area contributed by atoms with Crippen molar-refractivity contribution in [1.29, 1.82) is 0 Å². The number of aliphatic carboxylic acids is 1. The van der Waals surface area contributed by atoms with Crippen LogP contribution in [0.4, 0.5) is 0 Å². The first-order valence-electron chi connectivity index (χ1n) is 9.60. The van der Waals surface area contributed by atoms with Crippen LogP contribution in [0.5, 0.6) is 0 Å². The number of nitrogens with two attached hydrogens (primary N) is 1. The van der Waals surface area contributed by atoms with Gasteiger partial charge in [0.15, 0.2) is 0 Å². The summed E-state index contributed by atoms with van der Waals surface area (Å²) >= 11 is 3.85. The van der Waals surface area contributed by atoms with Gasteiger partial charge in [-0.2, -0.15) is 12.6 Å². The molecule has 0 aromatic heterocycles. The summed E-state index contributed by atoms with van der Waals surface area (Å²) in [6.07, 6.45) is 0.345. The predicted molar refractivity (Wildman–Crippen MR) is 114 cm³/mol. The Bertz CT molecular complexity index is 643. The minimum absolute atomic E-state index is 0.0935. The quantitative estimate of drug-likeness (QED) is 0.175. The van der Waals surface area contributed by atoms with Crippen LogP contribution in [0, 0.1) is 5.92 Å². The van der Waals surface area contributed by atoms with E-state index >= 15 is 0 Å². The topological polar surface area (TPSA) is 180 Å². The Hall–Kier alpha value is -2.34. The number of carboxylic acid groups (broad SMARTS) is 1. The van der Waals surface area contributed by atoms with Crippen LogP contribution in [0.1, 0.15) is 41.0 Å². The molecule has 0 spiro atoms. The molecule has 7 N–H and O–H groups in total. The predicted octanol–water partition coefficient (Wildman–Crippen LogP) is -1.63. The van der Waals surface area contributed by atoms with Gasteiger partial charge in [0.25, 0.3) is 0 Å². The number of hydrogen-bond donors (Lipinski definition) is 7. The van der Waals surface area contributed by atoms with Gasteiger partial charge in [-0.1, -0.05) is 13.8 Å². The molecule has 0 aliphatic rings. The molecule has 172 valence electrons. The first-order valence-corrected chi connectivity index (χ1v) is 10.2. The molecule has 0 aliphatic carbocycles. The van der Waals surface area contributed by atoms with E-state index in [2.05, 4.69) is 33.9 Å². The molecule has 0 radical (unpaired) electrons. The lowest BCUT2D eigenvalue weighted by atomic mass is 10.0. The van der Waals surface area contributed by atoms with Crippen LogP contribution >= 0.6 is 12.6 Å². The van der Waals surface area contributed by atoms with E-state index < -0.39 is 59.8 Å². The Morgan fingerprint density at radius 1 is 0.767 bits per heavy atom. The Kier molecular flexibility index (Phi) is 12.0. The average Bonchev–Trinajstić information content (AvgIpc) is 2.63. The second-order valence-electron chi connectivity index (χ2n) is 7.52. The molecule has 0 rings (SSSR count). The molecule has 0 aromatic rings. The summed E-state index contributed by atoms with van der Waals surface area (Å²) in [4.78, 5) is 59.7. The van der Waals surface area contributed by atoms with Crippen molar-refractivity contribution in [3.05, 3.63) is 0 Å². The lowest BCUT2D eigenvalue weighted by molar-refractivity contribution is -0.141. The number of carboxylic acids is 1. The van der Waals surface area contributed by atoms with E-state index in [1.54, 1.807) is 0 Å². The molecule has 30 heavy (non-hydrogen) atoms. The number of rotatable bonds is 12. The molecule has 0 aliphatic heterocycles. The molecule has 0 fully saturated rings. The van der Waals surface area contributed by atoms with Gasteiger partial charge in [0.2, 0.25) is 23.6 Å². The third-order valence-electron chi connectivity index (χ3n) is 4.05. The van der Waals surface area contributed by atoms with Crippen LogP contribution in [0.15, 0.2) is 0 Å². The lowest BCUT2D eigenvalue weighted by Crippen LogP contribution is -2.57. The Labute approximate surface area is 181 Å². The maximum atomic E-state index is 12.5. The molecule has 12 heteroatoms. The molecule has 4 amide bonds. The highest BCUT2D eigenvalue weighted by atomic mass is 32.1.